The molecule has 202 valence electrons. The van der Waals surface area contributed by atoms with Crippen LogP contribution in [0.4, 0.5) is 11.4 Å². The Bertz CT molecular complexity index is 1360. The summed E-state index contributed by atoms with van der Waals surface area (Å²) in [5.41, 5.74) is 2.54. The zero-order valence-electron chi connectivity index (χ0n) is 21.9. The Balaban J connectivity index is 1.51. The summed E-state index contributed by atoms with van der Waals surface area (Å²) in [7, 11) is 4.47. The summed E-state index contributed by atoms with van der Waals surface area (Å²) in [6.07, 6.45) is 0.584. The van der Waals surface area contributed by atoms with Crippen molar-refractivity contribution in [2.24, 2.45) is 4.99 Å². The lowest BCUT2D eigenvalue weighted by Gasteiger charge is -2.32. The second kappa shape index (κ2) is 13.0. The number of hydrogen-bond acceptors (Lipinski definition) is 8. The summed E-state index contributed by atoms with van der Waals surface area (Å²) in [4.78, 5) is 44.5. The number of aliphatic imine (C=N–C) groups is 1. The van der Waals surface area contributed by atoms with Crippen LogP contribution in [-0.2, 0) is 20.7 Å². The Labute approximate surface area is 231 Å². The normalized spacial score (nSPS) is 16.1. The molecule has 1 fully saturated rings. The molecular formula is C29H29N3O6S. The standard InChI is InChI=1S/C29H29N3O6S/c1-36-23-14-9-19(17-24(23)37-2)15-16-32-26(33)18-25(39-29(32)31-21-7-5-4-6-8-21)27(34)30-22-12-10-20(11-13-22)28(35)38-3/h4-14,17,25H,15-16,18H2,1-3H3,(H,30,34). The fourth-order valence-corrected chi connectivity index (χ4v) is 5.11. The van der Waals surface area contributed by atoms with E-state index in [4.69, 9.17) is 19.2 Å². The lowest BCUT2D eigenvalue weighted by Crippen LogP contribution is -2.46. The number of thioether (sulfide) groups is 1. The molecule has 0 aliphatic carbocycles. The van der Waals surface area contributed by atoms with Crippen LogP contribution < -0.4 is 14.8 Å². The van der Waals surface area contributed by atoms with Gasteiger partial charge in [-0.25, -0.2) is 9.79 Å². The number of para-hydroxylation sites is 1. The van der Waals surface area contributed by atoms with E-state index >= 15 is 0 Å². The first-order valence-electron chi connectivity index (χ1n) is 12.2. The first-order chi connectivity index (χ1) is 18.9. The molecule has 0 bridgehead atoms. The maximum absolute atomic E-state index is 13.3. The van der Waals surface area contributed by atoms with Gasteiger partial charge in [0.05, 0.1) is 32.6 Å². The lowest BCUT2D eigenvalue weighted by atomic mass is 10.1. The van der Waals surface area contributed by atoms with Crippen molar-refractivity contribution < 1.29 is 28.6 Å². The number of nitrogens with zero attached hydrogens (tertiary/aromatic N) is 2. The minimum Gasteiger partial charge on any atom is -0.493 e. The Hall–Kier alpha value is -4.31. The highest BCUT2D eigenvalue weighted by atomic mass is 32.2. The highest BCUT2D eigenvalue weighted by Gasteiger charge is 2.36. The average molecular weight is 548 g/mol. The molecule has 39 heavy (non-hydrogen) atoms. The first-order valence-corrected chi connectivity index (χ1v) is 13.1. The van der Waals surface area contributed by atoms with Gasteiger partial charge in [-0.15, -0.1) is 0 Å². The summed E-state index contributed by atoms with van der Waals surface area (Å²) in [5, 5.41) is 2.62. The van der Waals surface area contributed by atoms with Crippen LogP contribution in [0.25, 0.3) is 0 Å². The van der Waals surface area contributed by atoms with E-state index in [2.05, 4.69) is 5.32 Å². The molecular weight excluding hydrogens is 518 g/mol. The summed E-state index contributed by atoms with van der Waals surface area (Å²) >= 11 is 1.25. The van der Waals surface area contributed by atoms with E-state index in [-0.39, 0.29) is 18.2 Å². The van der Waals surface area contributed by atoms with Gasteiger partial charge in [0.2, 0.25) is 11.8 Å². The maximum atomic E-state index is 13.3. The maximum Gasteiger partial charge on any atom is 0.337 e. The molecule has 3 aromatic rings. The number of nitrogens with one attached hydrogen (secondary N) is 1. The van der Waals surface area contributed by atoms with Crippen molar-refractivity contribution in [3.8, 4) is 11.5 Å². The molecule has 1 saturated heterocycles. The quantitative estimate of drug-likeness (QED) is 0.387. The Kier molecular flexibility index (Phi) is 9.22. The predicted molar refractivity (Wildman–Crippen MR) is 151 cm³/mol. The van der Waals surface area contributed by atoms with E-state index in [1.54, 1.807) is 43.4 Å². The summed E-state index contributed by atoms with van der Waals surface area (Å²) in [5.74, 6) is 0.274. The monoisotopic (exact) mass is 547 g/mol. The van der Waals surface area contributed by atoms with Crippen molar-refractivity contribution in [3.63, 3.8) is 0 Å². The molecule has 0 spiro atoms. The number of esters is 1. The molecule has 1 N–H and O–H groups in total. The molecule has 10 heteroatoms. The fourth-order valence-electron chi connectivity index (χ4n) is 3.98. The molecule has 1 aliphatic rings. The van der Waals surface area contributed by atoms with E-state index in [0.717, 1.165) is 5.56 Å². The third kappa shape index (κ3) is 6.97. The molecule has 1 atom stereocenters. The number of methoxy groups -OCH3 is 3. The van der Waals surface area contributed by atoms with Crippen LogP contribution in [0.5, 0.6) is 11.5 Å². The minimum atomic E-state index is -0.669. The van der Waals surface area contributed by atoms with Crippen LogP contribution in [-0.4, -0.2) is 61.0 Å². The highest BCUT2D eigenvalue weighted by Crippen LogP contribution is 2.31. The van der Waals surface area contributed by atoms with Gasteiger partial charge < -0.3 is 19.5 Å². The van der Waals surface area contributed by atoms with Gasteiger partial charge in [0.1, 0.15) is 5.25 Å². The summed E-state index contributed by atoms with van der Waals surface area (Å²) < 4.78 is 15.4. The van der Waals surface area contributed by atoms with E-state index in [9.17, 15) is 14.4 Å². The van der Waals surface area contributed by atoms with Crippen LogP contribution in [0, 0.1) is 0 Å². The number of amides is 2. The van der Waals surface area contributed by atoms with Gasteiger partial charge >= 0.3 is 5.97 Å². The van der Waals surface area contributed by atoms with Crippen LogP contribution in [0.3, 0.4) is 0 Å². The van der Waals surface area contributed by atoms with Crippen molar-refractivity contribution in [1.82, 2.24) is 4.90 Å². The average Bonchev–Trinajstić information content (AvgIpc) is 2.96. The topological polar surface area (TPSA) is 107 Å². The molecule has 4 rings (SSSR count). The van der Waals surface area contributed by atoms with E-state index in [1.807, 2.05) is 48.5 Å². The van der Waals surface area contributed by atoms with Crippen LogP contribution in [0.2, 0.25) is 0 Å². The number of carbonyl (C=O) groups is 3. The summed E-state index contributed by atoms with van der Waals surface area (Å²) in [6, 6.07) is 21.3. The Morgan fingerprint density at radius 2 is 1.69 bits per heavy atom. The van der Waals surface area contributed by atoms with Crippen molar-refractivity contribution in [2.75, 3.05) is 33.2 Å². The second-order valence-corrected chi connectivity index (χ2v) is 9.75. The number of rotatable bonds is 9. The van der Waals surface area contributed by atoms with E-state index in [1.165, 1.54) is 18.9 Å². The molecule has 9 nitrogen and oxygen atoms in total. The van der Waals surface area contributed by atoms with Crippen LogP contribution in [0.15, 0.2) is 77.8 Å². The van der Waals surface area contributed by atoms with Gasteiger partial charge in [0, 0.05) is 18.7 Å². The summed E-state index contributed by atoms with van der Waals surface area (Å²) in [6.45, 7) is 0.385. The van der Waals surface area contributed by atoms with Gasteiger partial charge in [0.25, 0.3) is 0 Å². The number of carbonyl (C=O) groups excluding carboxylic acids is 3. The van der Waals surface area contributed by atoms with Gasteiger partial charge in [-0.05, 0) is 60.5 Å². The van der Waals surface area contributed by atoms with Crippen LogP contribution >= 0.6 is 11.8 Å². The van der Waals surface area contributed by atoms with Gasteiger partial charge in [-0.3, -0.25) is 14.5 Å². The zero-order valence-corrected chi connectivity index (χ0v) is 22.7. The largest absolute Gasteiger partial charge is 0.493 e. The number of amidine groups is 1. The van der Waals surface area contributed by atoms with Crippen molar-refractivity contribution in [1.29, 1.82) is 0 Å². The molecule has 1 heterocycles. The van der Waals surface area contributed by atoms with Crippen LogP contribution in [0.1, 0.15) is 22.3 Å². The molecule has 0 saturated carbocycles. The third-order valence-electron chi connectivity index (χ3n) is 6.06. The Morgan fingerprint density at radius 1 is 0.974 bits per heavy atom. The highest BCUT2D eigenvalue weighted by molar-refractivity contribution is 8.15. The van der Waals surface area contributed by atoms with Gasteiger partial charge in [-0.1, -0.05) is 36.0 Å². The molecule has 2 amide bonds. The number of anilines is 1. The van der Waals surface area contributed by atoms with Gasteiger partial charge in [0.15, 0.2) is 16.7 Å². The van der Waals surface area contributed by atoms with Gasteiger partial charge in [-0.2, -0.15) is 0 Å². The molecule has 0 aromatic heterocycles. The smallest absolute Gasteiger partial charge is 0.337 e. The minimum absolute atomic E-state index is 0.0243. The molecule has 1 aliphatic heterocycles. The second-order valence-electron chi connectivity index (χ2n) is 8.58. The third-order valence-corrected chi connectivity index (χ3v) is 7.25. The molecule has 1 unspecified atom stereocenters. The fraction of sp³-hybridized carbons (Fsp3) is 0.241. The SMILES string of the molecule is COC(=O)c1ccc(NC(=O)C2CC(=O)N(CCc3ccc(OC)c(OC)c3)C(=Nc3ccccc3)S2)cc1. The van der Waals surface area contributed by atoms with Crippen molar-refractivity contribution in [2.45, 2.75) is 18.1 Å². The first kappa shape index (κ1) is 27.7. The number of ether oxygens (including phenoxy) is 3. The predicted octanol–water partition coefficient (Wildman–Crippen LogP) is 4.69. The lowest BCUT2D eigenvalue weighted by molar-refractivity contribution is -0.129. The molecule has 3 aromatic carbocycles. The van der Waals surface area contributed by atoms with Crippen molar-refractivity contribution in [3.05, 3.63) is 83.9 Å². The van der Waals surface area contributed by atoms with E-state index in [0.29, 0.717) is 46.6 Å². The Morgan fingerprint density at radius 3 is 2.36 bits per heavy atom. The number of benzene rings is 3. The number of hydrogen-bond donors (Lipinski definition) is 1. The van der Waals surface area contributed by atoms with Crippen molar-refractivity contribution >= 4 is 46.1 Å². The molecule has 0 radical (unpaired) electrons. The zero-order chi connectivity index (χ0) is 27.8. The van der Waals surface area contributed by atoms with E-state index < -0.39 is 11.2 Å².